The smallest absolute Gasteiger partial charge is 0.353 e. The van der Waals surface area contributed by atoms with Gasteiger partial charge in [-0.2, -0.15) is 0 Å². The third-order valence-corrected chi connectivity index (χ3v) is 10.4. The van der Waals surface area contributed by atoms with Gasteiger partial charge in [-0.3, -0.25) is 4.57 Å². The minimum atomic E-state index is -3.78. The van der Waals surface area contributed by atoms with E-state index in [1.165, 1.54) is 95.8 Å². The minimum Gasteiger partial charge on any atom is -0.382 e. The molecular formula is C30H61N6O4PSi. The van der Waals surface area contributed by atoms with Crippen LogP contribution in [0, 0.1) is 0 Å². The fourth-order valence-electron chi connectivity index (χ4n) is 5.06. The second-order valence-electron chi connectivity index (χ2n) is 12.9. The molecule has 0 radical (unpaired) electrons. The summed E-state index contributed by atoms with van der Waals surface area (Å²) in [7, 11) is -4.61. The number of unbranched alkanes of at least 4 members (excludes halogenated alkanes) is 15. The van der Waals surface area contributed by atoms with E-state index in [1.807, 2.05) is 6.92 Å². The number of anilines is 1. The topological polar surface area (TPSA) is 160 Å². The molecule has 0 aliphatic heterocycles. The molecule has 2 atom stereocenters. The zero-order valence-electron chi connectivity index (χ0n) is 27.1. The highest BCUT2D eigenvalue weighted by molar-refractivity contribution is 7.52. The average Bonchev–Trinajstić information content (AvgIpc) is 3.32. The first kappa shape index (κ1) is 38.7. The summed E-state index contributed by atoms with van der Waals surface area (Å²) >= 11 is 0. The molecule has 2 rings (SSSR count). The fraction of sp³-hybridized carbons (Fsp3) is 0.833. The molecule has 6 N–H and O–H groups in total. The Bertz CT molecular complexity index is 1020. The molecule has 0 spiro atoms. The Hall–Kier alpha value is -1.36. The zero-order valence-corrected chi connectivity index (χ0v) is 29.0. The first-order valence-corrected chi connectivity index (χ1v) is 21.5. The van der Waals surface area contributed by atoms with Gasteiger partial charge in [-0.05, 0) is 13.3 Å². The highest BCUT2D eigenvalue weighted by Gasteiger charge is 2.21. The van der Waals surface area contributed by atoms with Gasteiger partial charge in [0.15, 0.2) is 11.5 Å². The molecule has 0 aliphatic rings. The van der Waals surface area contributed by atoms with Crippen molar-refractivity contribution in [3.05, 3.63) is 12.7 Å². The van der Waals surface area contributed by atoms with E-state index in [0.717, 1.165) is 19.3 Å². The second-order valence-corrected chi connectivity index (χ2v) is 20.3. The molecule has 42 heavy (non-hydrogen) atoms. The molecule has 0 aromatic carbocycles. The molecule has 2 heterocycles. The van der Waals surface area contributed by atoms with Crippen molar-refractivity contribution in [3.63, 3.8) is 0 Å². The van der Waals surface area contributed by atoms with Crippen LogP contribution in [0.2, 0.25) is 25.7 Å². The predicted octanol–water partition coefficient (Wildman–Crippen LogP) is 8.71. The van der Waals surface area contributed by atoms with Gasteiger partial charge in [-0.25, -0.2) is 15.0 Å². The lowest BCUT2D eigenvalue weighted by atomic mass is 10.0. The minimum absolute atomic E-state index is 0. The zero-order chi connectivity index (χ0) is 30.0. The van der Waals surface area contributed by atoms with Crippen molar-refractivity contribution in [2.24, 2.45) is 0 Å². The SMILES string of the molecule is C[C@H](Cn1cnc2c(N)ncnc21)OCP(=O)(O)OCCCCCCCCCCCCCCCCCC[Si](C)(C)C.N. The largest absolute Gasteiger partial charge is 0.382 e. The van der Waals surface area contributed by atoms with Crippen LogP contribution < -0.4 is 11.9 Å². The normalized spacial score (nSPS) is 14.1. The van der Waals surface area contributed by atoms with Gasteiger partial charge < -0.3 is 30.6 Å². The van der Waals surface area contributed by atoms with Gasteiger partial charge in [0.25, 0.3) is 0 Å². The molecule has 10 nitrogen and oxygen atoms in total. The van der Waals surface area contributed by atoms with Gasteiger partial charge in [0.05, 0.1) is 25.6 Å². The number of imidazole rings is 1. The lowest BCUT2D eigenvalue weighted by Gasteiger charge is -2.17. The summed E-state index contributed by atoms with van der Waals surface area (Å²) in [5.41, 5.74) is 6.96. The molecule has 0 amide bonds. The van der Waals surface area contributed by atoms with Gasteiger partial charge in [-0.15, -0.1) is 0 Å². The van der Waals surface area contributed by atoms with E-state index in [4.69, 9.17) is 15.0 Å². The number of hydrogen-bond acceptors (Lipinski definition) is 8. The first-order chi connectivity index (χ1) is 19.6. The highest BCUT2D eigenvalue weighted by atomic mass is 31.2. The van der Waals surface area contributed by atoms with E-state index in [1.54, 1.807) is 10.9 Å². The Morgan fingerprint density at radius 3 is 1.88 bits per heavy atom. The van der Waals surface area contributed by atoms with Gasteiger partial charge in [0, 0.05) is 8.07 Å². The maximum Gasteiger partial charge on any atom is 0.353 e. The standard InChI is InChI=1S/C30H58N5O4PSi.H3N/c1-27(23-35-25-34-28-29(31)32-24-33-30(28)35)38-26-40(36,37)39-21-19-17-15-13-11-9-7-5-6-8-10-12-14-16-18-20-22-41(2,3)4;/h24-25,27H,5-23,26H2,1-4H3,(H,36,37)(H2,31,32,33);1H3/t27-;/m1./s1. The Morgan fingerprint density at radius 1 is 0.857 bits per heavy atom. The number of nitrogens with zero attached hydrogens (tertiary/aromatic N) is 4. The summed E-state index contributed by atoms with van der Waals surface area (Å²) in [6, 6.07) is 1.49. The lowest BCUT2D eigenvalue weighted by molar-refractivity contribution is 0.0715. The third-order valence-electron chi connectivity index (χ3n) is 7.52. The number of ether oxygens (including phenoxy) is 1. The maximum atomic E-state index is 12.3. The van der Waals surface area contributed by atoms with Crippen LogP contribution in [0.15, 0.2) is 12.7 Å². The Morgan fingerprint density at radius 2 is 1.36 bits per heavy atom. The van der Waals surface area contributed by atoms with Crippen LogP contribution in [-0.4, -0.2) is 51.5 Å². The summed E-state index contributed by atoms with van der Waals surface area (Å²) in [6.45, 7) is 9.97. The molecule has 0 saturated carbocycles. The van der Waals surface area contributed by atoms with Gasteiger partial charge in [-0.1, -0.05) is 122 Å². The van der Waals surface area contributed by atoms with Crippen LogP contribution in [0.3, 0.4) is 0 Å². The summed E-state index contributed by atoms with van der Waals surface area (Å²) in [4.78, 5) is 22.5. The third kappa shape index (κ3) is 17.7. The van der Waals surface area contributed by atoms with Crippen molar-refractivity contribution in [1.29, 1.82) is 0 Å². The van der Waals surface area contributed by atoms with E-state index in [0.29, 0.717) is 23.5 Å². The number of rotatable bonds is 25. The van der Waals surface area contributed by atoms with Crippen molar-refractivity contribution in [3.8, 4) is 0 Å². The summed E-state index contributed by atoms with van der Waals surface area (Å²) in [5.74, 6) is 0.320. The van der Waals surface area contributed by atoms with Crippen molar-refractivity contribution in [2.75, 3.05) is 18.7 Å². The van der Waals surface area contributed by atoms with E-state index >= 15 is 0 Å². The van der Waals surface area contributed by atoms with Crippen molar-refractivity contribution < 1.29 is 18.7 Å². The van der Waals surface area contributed by atoms with Gasteiger partial charge >= 0.3 is 7.60 Å². The van der Waals surface area contributed by atoms with E-state index in [-0.39, 0.29) is 25.2 Å². The second kappa shape index (κ2) is 21.4. The van der Waals surface area contributed by atoms with Crippen molar-refractivity contribution in [1.82, 2.24) is 25.7 Å². The molecule has 2 aromatic rings. The molecule has 12 heteroatoms. The Labute approximate surface area is 256 Å². The number of fused-ring (bicyclic) bond motifs is 1. The van der Waals surface area contributed by atoms with Gasteiger partial charge in [0.2, 0.25) is 0 Å². The summed E-state index contributed by atoms with van der Waals surface area (Å²) < 4.78 is 25.0. The maximum absolute atomic E-state index is 12.3. The number of aromatic nitrogens is 4. The average molecular weight is 629 g/mol. The summed E-state index contributed by atoms with van der Waals surface area (Å²) in [6.07, 6.45) is 23.2. The summed E-state index contributed by atoms with van der Waals surface area (Å²) in [5, 5.41) is 0. The van der Waals surface area contributed by atoms with Crippen LogP contribution in [0.25, 0.3) is 11.2 Å². The van der Waals surface area contributed by atoms with Gasteiger partial charge in [0.1, 0.15) is 18.2 Å². The van der Waals surface area contributed by atoms with Crippen LogP contribution in [0.5, 0.6) is 0 Å². The number of nitrogen functional groups attached to an aromatic ring is 1. The van der Waals surface area contributed by atoms with Crippen LogP contribution in [0.1, 0.15) is 110 Å². The Kier molecular flexibility index (Phi) is 19.7. The van der Waals surface area contributed by atoms with Crippen LogP contribution in [0.4, 0.5) is 5.82 Å². The van der Waals surface area contributed by atoms with Crippen LogP contribution in [-0.2, 0) is 20.4 Å². The van der Waals surface area contributed by atoms with Crippen molar-refractivity contribution in [2.45, 2.75) is 148 Å². The first-order valence-electron chi connectivity index (χ1n) is 16.1. The van der Waals surface area contributed by atoms with E-state index in [9.17, 15) is 9.46 Å². The van der Waals surface area contributed by atoms with Crippen LogP contribution >= 0.6 is 7.60 Å². The van der Waals surface area contributed by atoms with E-state index < -0.39 is 15.7 Å². The molecule has 1 unspecified atom stereocenters. The molecular weight excluding hydrogens is 567 g/mol. The molecule has 2 aromatic heterocycles. The predicted molar refractivity (Wildman–Crippen MR) is 178 cm³/mol. The number of nitrogens with two attached hydrogens (primary N) is 1. The fourth-order valence-corrected chi connectivity index (χ4v) is 7.30. The number of hydrogen-bond donors (Lipinski definition) is 3. The molecule has 0 saturated heterocycles. The molecule has 244 valence electrons. The highest BCUT2D eigenvalue weighted by Crippen LogP contribution is 2.42. The molecule has 0 fully saturated rings. The van der Waals surface area contributed by atoms with Crippen molar-refractivity contribution >= 4 is 32.7 Å². The monoisotopic (exact) mass is 628 g/mol. The Balaban J connectivity index is 0.00000882. The molecule has 0 aliphatic carbocycles. The lowest BCUT2D eigenvalue weighted by Crippen LogP contribution is -2.18. The quantitative estimate of drug-likeness (QED) is 0.0554. The molecule has 0 bridgehead atoms. The van der Waals surface area contributed by atoms with E-state index in [2.05, 4.69) is 34.6 Å².